The van der Waals surface area contributed by atoms with Crippen molar-refractivity contribution in [3.05, 3.63) is 29.8 Å². The number of nitrogens with zero attached hydrogens (tertiary/aromatic N) is 1. The Bertz CT molecular complexity index is 309. The summed E-state index contributed by atoms with van der Waals surface area (Å²) in [5, 5.41) is 18.1. The molecule has 0 spiro atoms. The summed E-state index contributed by atoms with van der Waals surface area (Å²) >= 11 is 0. The van der Waals surface area contributed by atoms with E-state index in [0.717, 1.165) is 18.7 Å². The van der Waals surface area contributed by atoms with Gasteiger partial charge >= 0.3 is 0 Å². The Labute approximate surface area is 102 Å². The minimum Gasteiger partial charge on any atom is -0.497 e. The summed E-state index contributed by atoms with van der Waals surface area (Å²) in [4.78, 5) is 1.96. The quantitative estimate of drug-likeness (QED) is 0.728. The molecule has 0 aromatic heterocycles. The predicted molar refractivity (Wildman–Crippen MR) is 67.3 cm³/mol. The van der Waals surface area contributed by atoms with Gasteiger partial charge in [-0.1, -0.05) is 12.1 Å². The monoisotopic (exact) mass is 239 g/mol. The molecule has 0 saturated heterocycles. The Morgan fingerprint density at radius 3 is 2.24 bits per heavy atom. The van der Waals surface area contributed by atoms with E-state index in [0.29, 0.717) is 0 Å². The van der Waals surface area contributed by atoms with Crippen LogP contribution in [0.25, 0.3) is 0 Å². The molecule has 4 nitrogen and oxygen atoms in total. The molecule has 0 fully saturated rings. The van der Waals surface area contributed by atoms with Crippen LogP contribution in [0.15, 0.2) is 24.3 Å². The second-order valence-corrected chi connectivity index (χ2v) is 4.10. The van der Waals surface area contributed by atoms with E-state index in [-0.39, 0.29) is 19.3 Å². The van der Waals surface area contributed by atoms with Crippen LogP contribution in [0.5, 0.6) is 5.75 Å². The fourth-order valence-corrected chi connectivity index (χ4v) is 1.62. The average molecular weight is 239 g/mol. The van der Waals surface area contributed by atoms with E-state index in [9.17, 15) is 0 Å². The van der Waals surface area contributed by atoms with Crippen LogP contribution in [0.4, 0.5) is 0 Å². The summed E-state index contributed by atoms with van der Waals surface area (Å²) in [5.74, 6) is 0.852. The van der Waals surface area contributed by atoms with Gasteiger partial charge in [0.25, 0.3) is 0 Å². The molecule has 0 amide bonds. The summed E-state index contributed by atoms with van der Waals surface area (Å²) in [6, 6.07) is 7.75. The SMILES string of the molecule is COc1ccc(CCN(C)C(CO)CO)cc1. The fraction of sp³-hybridized carbons (Fsp3) is 0.538. The molecule has 96 valence electrons. The van der Waals surface area contributed by atoms with E-state index in [4.69, 9.17) is 14.9 Å². The highest BCUT2D eigenvalue weighted by atomic mass is 16.5. The Kier molecular flexibility index (Phi) is 5.97. The van der Waals surface area contributed by atoms with Crippen LogP contribution in [0, 0.1) is 0 Å². The van der Waals surface area contributed by atoms with Crippen LogP contribution >= 0.6 is 0 Å². The Balaban J connectivity index is 2.43. The summed E-state index contributed by atoms with van der Waals surface area (Å²) < 4.78 is 5.09. The summed E-state index contributed by atoms with van der Waals surface area (Å²) in [6.07, 6.45) is 0.886. The molecule has 0 aliphatic carbocycles. The van der Waals surface area contributed by atoms with Gasteiger partial charge in [0.05, 0.1) is 26.4 Å². The largest absolute Gasteiger partial charge is 0.497 e. The highest BCUT2D eigenvalue weighted by Gasteiger charge is 2.11. The molecule has 0 aliphatic heterocycles. The van der Waals surface area contributed by atoms with Gasteiger partial charge < -0.3 is 14.9 Å². The standard InChI is InChI=1S/C13H21NO3/c1-14(12(9-15)10-16)8-7-11-3-5-13(17-2)6-4-11/h3-6,12,15-16H,7-10H2,1-2H3. The van der Waals surface area contributed by atoms with Crippen LogP contribution in [0.1, 0.15) is 5.56 Å². The van der Waals surface area contributed by atoms with Gasteiger partial charge in [0.2, 0.25) is 0 Å². The van der Waals surface area contributed by atoms with E-state index < -0.39 is 0 Å². The first-order valence-electron chi connectivity index (χ1n) is 5.76. The zero-order valence-electron chi connectivity index (χ0n) is 10.5. The van der Waals surface area contributed by atoms with Crippen molar-refractivity contribution < 1.29 is 14.9 Å². The number of aliphatic hydroxyl groups is 2. The number of rotatable bonds is 7. The lowest BCUT2D eigenvalue weighted by atomic mass is 10.1. The van der Waals surface area contributed by atoms with Crippen molar-refractivity contribution in [3.63, 3.8) is 0 Å². The van der Waals surface area contributed by atoms with Gasteiger partial charge in [0, 0.05) is 6.54 Å². The first-order chi connectivity index (χ1) is 8.21. The molecule has 4 heteroatoms. The molecule has 0 aliphatic rings. The summed E-state index contributed by atoms with van der Waals surface area (Å²) in [5.41, 5.74) is 1.22. The smallest absolute Gasteiger partial charge is 0.118 e. The molecule has 1 aromatic rings. The van der Waals surface area contributed by atoms with E-state index in [1.54, 1.807) is 7.11 Å². The van der Waals surface area contributed by atoms with E-state index in [1.165, 1.54) is 5.56 Å². The van der Waals surface area contributed by atoms with Crippen LogP contribution < -0.4 is 4.74 Å². The van der Waals surface area contributed by atoms with E-state index in [2.05, 4.69) is 0 Å². The van der Waals surface area contributed by atoms with Gasteiger partial charge in [-0.3, -0.25) is 4.90 Å². The molecule has 0 saturated carbocycles. The topological polar surface area (TPSA) is 52.9 Å². The number of hydrogen-bond donors (Lipinski definition) is 2. The van der Waals surface area contributed by atoms with Gasteiger partial charge in [-0.05, 0) is 31.2 Å². The van der Waals surface area contributed by atoms with Crippen LogP contribution in [-0.4, -0.2) is 55.1 Å². The second kappa shape index (κ2) is 7.27. The lowest BCUT2D eigenvalue weighted by Crippen LogP contribution is -2.38. The molecule has 1 aromatic carbocycles. The molecule has 0 unspecified atom stereocenters. The third-order valence-corrected chi connectivity index (χ3v) is 2.96. The molecule has 2 N–H and O–H groups in total. The number of likely N-dealkylation sites (N-methyl/N-ethyl adjacent to an activating group) is 1. The lowest BCUT2D eigenvalue weighted by molar-refractivity contribution is 0.0925. The first kappa shape index (κ1) is 14.0. The minimum atomic E-state index is -0.173. The zero-order valence-corrected chi connectivity index (χ0v) is 10.5. The summed E-state index contributed by atoms with van der Waals surface area (Å²) in [7, 11) is 3.55. The maximum absolute atomic E-state index is 9.04. The van der Waals surface area contributed by atoms with Gasteiger partial charge in [0.15, 0.2) is 0 Å². The predicted octanol–water partition coefficient (Wildman–Crippen LogP) is 0.523. The highest BCUT2D eigenvalue weighted by molar-refractivity contribution is 5.27. The summed E-state index contributed by atoms with van der Waals surface area (Å²) in [6.45, 7) is 0.767. The Morgan fingerprint density at radius 1 is 1.18 bits per heavy atom. The molecule has 0 atom stereocenters. The van der Waals surface area contributed by atoms with Crippen LogP contribution in [0.2, 0.25) is 0 Å². The van der Waals surface area contributed by atoms with Crippen molar-refractivity contribution in [3.8, 4) is 5.75 Å². The third-order valence-electron chi connectivity index (χ3n) is 2.96. The number of aliphatic hydroxyl groups excluding tert-OH is 2. The minimum absolute atomic E-state index is 0.0182. The molecule has 1 rings (SSSR count). The van der Waals surface area contributed by atoms with Crippen molar-refractivity contribution in [1.82, 2.24) is 4.90 Å². The molecule has 0 radical (unpaired) electrons. The van der Waals surface area contributed by atoms with Crippen molar-refractivity contribution in [1.29, 1.82) is 0 Å². The molecular formula is C13H21NO3. The molecule has 0 bridgehead atoms. The second-order valence-electron chi connectivity index (χ2n) is 4.10. The van der Waals surface area contributed by atoms with Gasteiger partial charge in [-0.25, -0.2) is 0 Å². The maximum Gasteiger partial charge on any atom is 0.118 e. The Hall–Kier alpha value is -1.10. The van der Waals surface area contributed by atoms with Crippen molar-refractivity contribution in [2.45, 2.75) is 12.5 Å². The Morgan fingerprint density at radius 2 is 1.76 bits per heavy atom. The normalized spacial score (nSPS) is 11.2. The number of benzene rings is 1. The van der Waals surface area contributed by atoms with Crippen LogP contribution in [-0.2, 0) is 6.42 Å². The van der Waals surface area contributed by atoms with Gasteiger partial charge in [0.1, 0.15) is 5.75 Å². The van der Waals surface area contributed by atoms with Crippen molar-refractivity contribution in [2.24, 2.45) is 0 Å². The molecule has 0 heterocycles. The first-order valence-corrected chi connectivity index (χ1v) is 5.76. The third kappa shape index (κ3) is 4.34. The van der Waals surface area contributed by atoms with E-state index in [1.807, 2.05) is 36.2 Å². The van der Waals surface area contributed by atoms with Gasteiger partial charge in [-0.15, -0.1) is 0 Å². The number of methoxy groups -OCH3 is 1. The van der Waals surface area contributed by atoms with Crippen molar-refractivity contribution >= 4 is 0 Å². The lowest BCUT2D eigenvalue weighted by Gasteiger charge is -2.24. The fourth-order valence-electron chi connectivity index (χ4n) is 1.62. The number of hydrogen-bond acceptors (Lipinski definition) is 4. The molecular weight excluding hydrogens is 218 g/mol. The maximum atomic E-state index is 9.04. The van der Waals surface area contributed by atoms with Gasteiger partial charge in [-0.2, -0.15) is 0 Å². The number of ether oxygens (including phenoxy) is 1. The van der Waals surface area contributed by atoms with Crippen molar-refractivity contribution in [2.75, 3.05) is 33.9 Å². The highest BCUT2D eigenvalue weighted by Crippen LogP contribution is 2.12. The zero-order chi connectivity index (χ0) is 12.7. The van der Waals surface area contributed by atoms with E-state index >= 15 is 0 Å². The molecule has 17 heavy (non-hydrogen) atoms. The average Bonchev–Trinajstić information content (AvgIpc) is 2.38. The van der Waals surface area contributed by atoms with Crippen LogP contribution in [0.3, 0.4) is 0 Å².